The monoisotopic (exact) mass is 399 g/mol. The Bertz CT molecular complexity index is 921. The Morgan fingerprint density at radius 1 is 1.24 bits per heavy atom. The molecule has 154 valence electrons. The minimum absolute atomic E-state index is 0.0413. The minimum Gasteiger partial charge on any atom is -0.394 e. The van der Waals surface area contributed by atoms with Crippen LogP contribution in [-0.4, -0.2) is 80.6 Å². The molecule has 4 heterocycles. The van der Waals surface area contributed by atoms with Crippen LogP contribution in [0.15, 0.2) is 37.2 Å². The zero-order valence-corrected chi connectivity index (χ0v) is 16.3. The first-order valence-corrected chi connectivity index (χ1v) is 9.56. The topological polar surface area (TPSA) is 110 Å². The number of imidazole rings is 1. The van der Waals surface area contributed by atoms with Crippen LogP contribution in [0.3, 0.4) is 0 Å². The van der Waals surface area contributed by atoms with E-state index in [2.05, 4.69) is 30.2 Å². The number of hydrogen-bond acceptors (Lipinski definition) is 9. The largest absolute Gasteiger partial charge is 0.394 e. The number of nitrogens with zero attached hydrogens (tertiary/aromatic N) is 6. The van der Waals surface area contributed by atoms with Crippen molar-refractivity contribution < 1.29 is 14.6 Å². The molecule has 0 aromatic carbocycles. The summed E-state index contributed by atoms with van der Waals surface area (Å²) in [5.41, 5.74) is 2.47. The lowest BCUT2D eigenvalue weighted by Gasteiger charge is -2.37. The molecule has 4 rings (SSSR count). The van der Waals surface area contributed by atoms with E-state index in [1.54, 1.807) is 25.8 Å². The summed E-state index contributed by atoms with van der Waals surface area (Å²) >= 11 is 0. The predicted molar refractivity (Wildman–Crippen MR) is 106 cm³/mol. The maximum Gasteiger partial charge on any atom is 0.167 e. The van der Waals surface area contributed by atoms with Gasteiger partial charge in [0.2, 0.25) is 0 Å². The summed E-state index contributed by atoms with van der Waals surface area (Å²) in [6, 6.07) is 3.90. The van der Waals surface area contributed by atoms with Gasteiger partial charge in [-0.1, -0.05) is 0 Å². The molecule has 3 aromatic heterocycles. The quantitative estimate of drug-likeness (QED) is 0.565. The number of aliphatic hydroxyl groups is 1. The Kier molecular flexibility index (Phi) is 6.25. The second kappa shape index (κ2) is 9.23. The van der Waals surface area contributed by atoms with Crippen LogP contribution >= 0.6 is 0 Å². The van der Waals surface area contributed by atoms with Crippen molar-refractivity contribution in [3.63, 3.8) is 0 Å². The summed E-state index contributed by atoms with van der Waals surface area (Å²) in [4.78, 5) is 19.5. The van der Waals surface area contributed by atoms with E-state index in [4.69, 9.17) is 9.47 Å². The number of aromatic nitrogens is 5. The molecule has 0 saturated carbocycles. The van der Waals surface area contributed by atoms with Crippen LogP contribution in [0, 0.1) is 0 Å². The van der Waals surface area contributed by atoms with Crippen molar-refractivity contribution in [3.8, 4) is 0 Å². The molecule has 2 atom stereocenters. The summed E-state index contributed by atoms with van der Waals surface area (Å²) in [5.74, 6) is 0.663. The zero-order valence-electron chi connectivity index (χ0n) is 16.3. The van der Waals surface area contributed by atoms with Crippen LogP contribution in [0.2, 0.25) is 0 Å². The second-order valence-electron chi connectivity index (χ2n) is 6.90. The van der Waals surface area contributed by atoms with Crippen LogP contribution < -0.4 is 5.32 Å². The van der Waals surface area contributed by atoms with E-state index in [0.29, 0.717) is 43.2 Å². The van der Waals surface area contributed by atoms with Gasteiger partial charge in [-0.3, -0.25) is 14.5 Å². The minimum atomic E-state index is -0.300. The Hall–Kier alpha value is -2.66. The maximum absolute atomic E-state index is 9.64. The van der Waals surface area contributed by atoms with Gasteiger partial charge in [0.1, 0.15) is 12.6 Å². The Morgan fingerprint density at radius 3 is 2.90 bits per heavy atom. The summed E-state index contributed by atoms with van der Waals surface area (Å²) in [7, 11) is 1.68. The van der Waals surface area contributed by atoms with Gasteiger partial charge in [-0.2, -0.15) is 0 Å². The lowest BCUT2D eigenvalue weighted by Crippen LogP contribution is -2.48. The van der Waals surface area contributed by atoms with Crippen LogP contribution in [0.25, 0.3) is 11.2 Å². The number of methoxy groups -OCH3 is 1. The third kappa shape index (κ3) is 4.51. The molecule has 2 N–H and O–H groups in total. The summed E-state index contributed by atoms with van der Waals surface area (Å²) in [5, 5.41) is 13.0. The average Bonchev–Trinajstić information content (AvgIpc) is 3.21. The predicted octanol–water partition coefficient (Wildman–Crippen LogP) is 0.671. The molecule has 3 aromatic rings. The molecular formula is C19H25N7O3. The van der Waals surface area contributed by atoms with Gasteiger partial charge in [0.05, 0.1) is 25.6 Å². The lowest BCUT2D eigenvalue weighted by molar-refractivity contribution is -0.135. The van der Waals surface area contributed by atoms with Crippen LogP contribution in [0.4, 0.5) is 5.82 Å². The summed E-state index contributed by atoms with van der Waals surface area (Å²) in [6.45, 7) is 3.29. The molecule has 0 amide bonds. The third-order valence-corrected chi connectivity index (χ3v) is 4.92. The van der Waals surface area contributed by atoms with Gasteiger partial charge in [0, 0.05) is 45.7 Å². The van der Waals surface area contributed by atoms with E-state index in [1.807, 2.05) is 16.7 Å². The van der Waals surface area contributed by atoms with E-state index in [0.717, 1.165) is 12.1 Å². The number of anilines is 1. The van der Waals surface area contributed by atoms with E-state index in [1.165, 1.54) is 6.33 Å². The van der Waals surface area contributed by atoms with Gasteiger partial charge in [-0.15, -0.1) is 0 Å². The van der Waals surface area contributed by atoms with E-state index >= 15 is 0 Å². The zero-order chi connectivity index (χ0) is 20.1. The Labute approximate surface area is 168 Å². The van der Waals surface area contributed by atoms with E-state index in [9.17, 15) is 5.11 Å². The fourth-order valence-corrected chi connectivity index (χ4v) is 3.43. The van der Waals surface area contributed by atoms with Crippen molar-refractivity contribution in [2.24, 2.45) is 0 Å². The average molecular weight is 399 g/mol. The fraction of sp³-hybridized carbons (Fsp3) is 0.474. The Morgan fingerprint density at radius 2 is 2.10 bits per heavy atom. The molecule has 0 spiro atoms. The number of nitrogens with one attached hydrogen (secondary N) is 1. The number of rotatable bonds is 8. The molecule has 0 aliphatic carbocycles. The normalized spacial score (nSPS) is 20.2. The van der Waals surface area contributed by atoms with Crippen LogP contribution in [0.5, 0.6) is 0 Å². The van der Waals surface area contributed by atoms with Gasteiger partial charge in [0.25, 0.3) is 0 Å². The van der Waals surface area contributed by atoms with Crippen molar-refractivity contribution in [3.05, 3.63) is 42.7 Å². The Balaban J connectivity index is 1.55. The molecule has 1 fully saturated rings. The van der Waals surface area contributed by atoms with Crippen LogP contribution in [-0.2, 0) is 16.0 Å². The highest BCUT2D eigenvalue weighted by Gasteiger charge is 2.29. The first-order chi connectivity index (χ1) is 14.3. The van der Waals surface area contributed by atoms with Gasteiger partial charge in [0.15, 0.2) is 17.0 Å². The van der Waals surface area contributed by atoms with Crippen molar-refractivity contribution in [1.29, 1.82) is 0 Å². The number of hydrogen-bond donors (Lipinski definition) is 2. The molecule has 0 radical (unpaired) electrons. The molecule has 10 nitrogen and oxygen atoms in total. The first-order valence-electron chi connectivity index (χ1n) is 9.56. The van der Waals surface area contributed by atoms with E-state index < -0.39 is 0 Å². The molecule has 10 heteroatoms. The lowest BCUT2D eigenvalue weighted by atomic mass is 10.2. The molecule has 1 aliphatic rings. The van der Waals surface area contributed by atoms with E-state index in [-0.39, 0.29) is 18.9 Å². The first kappa shape index (κ1) is 19.6. The third-order valence-electron chi connectivity index (χ3n) is 4.92. The van der Waals surface area contributed by atoms with Crippen molar-refractivity contribution in [1.82, 2.24) is 29.4 Å². The van der Waals surface area contributed by atoms with Gasteiger partial charge < -0.3 is 19.9 Å². The highest BCUT2D eigenvalue weighted by Crippen LogP contribution is 2.25. The number of fused-ring (bicyclic) bond motifs is 1. The number of aliphatic hydroxyl groups excluding tert-OH is 1. The van der Waals surface area contributed by atoms with Gasteiger partial charge >= 0.3 is 0 Å². The SMILES string of the molecule is COCCN1C[C@@H](CO)O[C@@H](n2cnc3c(NCc4ccncc4)ncnc32)C1. The molecule has 29 heavy (non-hydrogen) atoms. The standard InChI is InChI=1S/C19H25N7O3/c1-28-7-6-25-9-15(11-27)29-16(10-25)26-13-24-17-18(22-12-23-19(17)26)21-8-14-2-4-20-5-3-14/h2-5,12-13,15-16,27H,6-11H2,1H3,(H,21,22,23)/t15-,16+/m0/s1. The maximum atomic E-state index is 9.64. The summed E-state index contributed by atoms with van der Waals surface area (Å²) < 4.78 is 13.2. The van der Waals surface area contributed by atoms with Crippen molar-refractivity contribution in [2.45, 2.75) is 18.9 Å². The number of pyridine rings is 1. The number of ether oxygens (including phenoxy) is 2. The molecule has 0 unspecified atom stereocenters. The van der Waals surface area contributed by atoms with Crippen molar-refractivity contribution in [2.75, 3.05) is 45.3 Å². The second-order valence-corrected chi connectivity index (χ2v) is 6.90. The van der Waals surface area contributed by atoms with Gasteiger partial charge in [-0.25, -0.2) is 15.0 Å². The molecule has 1 saturated heterocycles. The smallest absolute Gasteiger partial charge is 0.167 e. The number of morpholine rings is 1. The summed E-state index contributed by atoms with van der Waals surface area (Å²) in [6.07, 6.45) is 6.18. The highest BCUT2D eigenvalue weighted by atomic mass is 16.5. The molecular weight excluding hydrogens is 374 g/mol. The van der Waals surface area contributed by atoms with Crippen molar-refractivity contribution >= 4 is 17.0 Å². The fourth-order valence-electron chi connectivity index (χ4n) is 3.43. The molecule has 1 aliphatic heterocycles. The highest BCUT2D eigenvalue weighted by molar-refractivity contribution is 5.82. The van der Waals surface area contributed by atoms with Gasteiger partial charge in [-0.05, 0) is 17.7 Å². The molecule has 0 bridgehead atoms. The van der Waals surface area contributed by atoms with Crippen LogP contribution in [0.1, 0.15) is 11.8 Å².